The molecular weight excluding hydrogens is 297 g/mol. The first-order chi connectivity index (χ1) is 11.2. The molecule has 0 unspecified atom stereocenters. The van der Waals surface area contributed by atoms with Crippen molar-refractivity contribution in [2.45, 2.75) is 6.61 Å². The minimum atomic E-state index is -0.556. The van der Waals surface area contributed by atoms with Crippen molar-refractivity contribution < 1.29 is 18.7 Å². The molecule has 0 aliphatic heterocycles. The van der Waals surface area contributed by atoms with Crippen LogP contribution in [0.5, 0.6) is 5.75 Å². The molecule has 0 saturated heterocycles. The number of hydrogen-bond donors (Lipinski definition) is 1. The Morgan fingerprint density at radius 2 is 2.00 bits per heavy atom. The van der Waals surface area contributed by atoms with Gasteiger partial charge in [-0.3, -0.25) is 0 Å². The third-order valence-electron chi connectivity index (χ3n) is 2.87. The maximum Gasteiger partial charge on any atom is 0.408 e. The van der Waals surface area contributed by atoms with E-state index < -0.39 is 11.9 Å². The lowest BCUT2D eigenvalue weighted by molar-refractivity contribution is 0.141. The number of benzene rings is 2. The fourth-order valence-electron chi connectivity index (χ4n) is 1.79. The molecule has 0 atom stereocenters. The topological polar surface area (TPSA) is 47.6 Å². The van der Waals surface area contributed by atoms with Gasteiger partial charge >= 0.3 is 6.09 Å². The average Bonchev–Trinajstić information content (AvgIpc) is 2.57. The standard InChI is InChI=1S/C18H16FNO3/c1-22-17-11-15(10-16(19)12-17)8-5-9-20-18(21)23-13-14-6-3-2-4-7-14/h2-4,6-7,10-12H,9,13H2,1H3,(H,20,21). The summed E-state index contributed by atoms with van der Waals surface area (Å²) >= 11 is 0. The lowest BCUT2D eigenvalue weighted by Gasteiger charge is -2.04. The fourth-order valence-corrected chi connectivity index (χ4v) is 1.79. The van der Waals surface area contributed by atoms with Crippen LogP contribution in [-0.2, 0) is 11.3 Å². The zero-order valence-electron chi connectivity index (χ0n) is 12.6. The monoisotopic (exact) mass is 313 g/mol. The number of methoxy groups -OCH3 is 1. The third kappa shape index (κ3) is 5.71. The molecule has 0 aromatic heterocycles. The number of nitrogens with one attached hydrogen (secondary N) is 1. The highest BCUT2D eigenvalue weighted by Crippen LogP contribution is 2.14. The van der Waals surface area contributed by atoms with E-state index >= 15 is 0 Å². The van der Waals surface area contributed by atoms with E-state index in [0.29, 0.717) is 11.3 Å². The van der Waals surface area contributed by atoms with Gasteiger partial charge in [0.2, 0.25) is 0 Å². The second-order valence-corrected chi connectivity index (χ2v) is 4.60. The number of hydrogen-bond acceptors (Lipinski definition) is 3. The predicted molar refractivity (Wildman–Crippen MR) is 84.5 cm³/mol. The molecule has 118 valence electrons. The van der Waals surface area contributed by atoms with Gasteiger partial charge in [-0.2, -0.15) is 0 Å². The molecule has 0 spiro atoms. The van der Waals surface area contributed by atoms with E-state index in [0.717, 1.165) is 5.56 Å². The SMILES string of the molecule is COc1cc(F)cc(C#CCNC(=O)OCc2ccccc2)c1. The molecule has 2 rings (SSSR count). The molecule has 23 heavy (non-hydrogen) atoms. The summed E-state index contributed by atoms with van der Waals surface area (Å²) < 4.78 is 23.3. The number of ether oxygens (including phenoxy) is 2. The fraction of sp³-hybridized carbons (Fsp3) is 0.167. The molecule has 4 nitrogen and oxygen atoms in total. The number of alkyl carbamates (subject to hydrolysis) is 1. The zero-order chi connectivity index (χ0) is 16.5. The van der Waals surface area contributed by atoms with Crippen LogP contribution < -0.4 is 10.1 Å². The van der Waals surface area contributed by atoms with Crippen molar-refractivity contribution in [3.63, 3.8) is 0 Å². The van der Waals surface area contributed by atoms with Gasteiger partial charge in [0.05, 0.1) is 13.7 Å². The Labute approximate surface area is 134 Å². The molecule has 1 N–H and O–H groups in total. The van der Waals surface area contributed by atoms with Gasteiger partial charge in [0.25, 0.3) is 0 Å². The summed E-state index contributed by atoms with van der Waals surface area (Å²) in [5.74, 6) is 5.44. The number of carbonyl (C=O) groups excluding carboxylic acids is 1. The summed E-state index contributed by atoms with van der Waals surface area (Å²) in [6.45, 7) is 0.299. The van der Waals surface area contributed by atoms with Gasteiger partial charge in [-0.1, -0.05) is 42.2 Å². The van der Waals surface area contributed by atoms with E-state index in [1.165, 1.54) is 19.2 Å². The van der Waals surface area contributed by atoms with Crippen LogP contribution in [0, 0.1) is 17.7 Å². The summed E-state index contributed by atoms with van der Waals surface area (Å²) in [6.07, 6.45) is -0.556. The Hall–Kier alpha value is -3.00. The Bertz CT molecular complexity index is 720. The van der Waals surface area contributed by atoms with Crippen LogP contribution in [0.2, 0.25) is 0 Å². The van der Waals surface area contributed by atoms with E-state index in [9.17, 15) is 9.18 Å². The zero-order valence-corrected chi connectivity index (χ0v) is 12.6. The maximum absolute atomic E-state index is 13.3. The van der Waals surface area contributed by atoms with E-state index in [1.54, 1.807) is 6.07 Å². The highest BCUT2D eigenvalue weighted by atomic mass is 19.1. The molecular formula is C18H16FNO3. The van der Waals surface area contributed by atoms with Gasteiger partial charge in [0.15, 0.2) is 0 Å². The van der Waals surface area contributed by atoms with Gasteiger partial charge in [-0.05, 0) is 17.7 Å². The van der Waals surface area contributed by atoms with Crippen LogP contribution in [-0.4, -0.2) is 19.7 Å². The minimum Gasteiger partial charge on any atom is -0.497 e. The molecule has 2 aromatic carbocycles. The van der Waals surface area contributed by atoms with E-state index in [2.05, 4.69) is 17.2 Å². The molecule has 0 radical (unpaired) electrons. The van der Waals surface area contributed by atoms with Crippen LogP contribution in [0.25, 0.3) is 0 Å². The lowest BCUT2D eigenvalue weighted by Crippen LogP contribution is -2.24. The van der Waals surface area contributed by atoms with Crippen molar-refractivity contribution in [1.82, 2.24) is 5.32 Å². The second-order valence-electron chi connectivity index (χ2n) is 4.60. The quantitative estimate of drug-likeness (QED) is 0.882. The van der Waals surface area contributed by atoms with Crippen LogP contribution in [0.4, 0.5) is 9.18 Å². The predicted octanol–water partition coefficient (Wildman–Crippen LogP) is 3.11. The van der Waals surface area contributed by atoms with Crippen LogP contribution in [0.15, 0.2) is 48.5 Å². The summed E-state index contributed by atoms with van der Waals surface area (Å²) in [5.41, 5.74) is 1.38. The number of halogens is 1. The highest BCUT2D eigenvalue weighted by molar-refractivity contribution is 5.67. The van der Waals surface area contributed by atoms with Gasteiger partial charge in [0, 0.05) is 11.6 Å². The van der Waals surface area contributed by atoms with Gasteiger partial charge < -0.3 is 14.8 Å². The Kier molecular flexibility index (Phi) is 6.01. The van der Waals surface area contributed by atoms with E-state index in [1.807, 2.05) is 30.3 Å². The van der Waals surface area contributed by atoms with Crippen molar-refractivity contribution in [3.05, 3.63) is 65.5 Å². The summed E-state index contributed by atoms with van der Waals surface area (Å²) in [5, 5.41) is 2.51. The summed E-state index contributed by atoms with van der Waals surface area (Å²) in [6, 6.07) is 13.5. The van der Waals surface area contributed by atoms with Crippen molar-refractivity contribution in [3.8, 4) is 17.6 Å². The van der Waals surface area contributed by atoms with Crippen molar-refractivity contribution >= 4 is 6.09 Å². The number of carbonyl (C=O) groups is 1. The minimum absolute atomic E-state index is 0.104. The largest absolute Gasteiger partial charge is 0.497 e. The van der Waals surface area contributed by atoms with Crippen LogP contribution in [0.3, 0.4) is 0 Å². The average molecular weight is 313 g/mol. The van der Waals surface area contributed by atoms with Gasteiger partial charge in [-0.15, -0.1) is 0 Å². The lowest BCUT2D eigenvalue weighted by atomic mass is 10.2. The first kappa shape index (κ1) is 16.4. The molecule has 2 aromatic rings. The second kappa shape index (κ2) is 8.44. The van der Waals surface area contributed by atoms with Crippen molar-refractivity contribution in [1.29, 1.82) is 0 Å². The first-order valence-corrected chi connectivity index (χ1v) is 6.95. The smallest absolute Gasteiger partial charge is 0.408 e. The number of amides is 1. The molecule has 0 heterocycles. The molecule has 0 fully saturated rings. The number of rotatable bonds is 4. The van der Waals surface area contributed by atoms with E-state index in [4.69, 9.17) is 9.47 Å². The molecule has 0 aliphatic carbocycles. The van der Waals surface area contributed by atoms with Crippen LogP contribution in [0.1, 0.15) is 11.1 Å². The molecule has 0 aliphatic rings. The highest BCUT2D eigenvalue weighted by Gasteiger charge is 2.01. The Morgan fingerprint density at radius 1 is 1.22 bits per heavy atom. The van der Waals surface area contributed by atoms with Crippen molar-refractivity contribution in [2.75, 3.05) is 13.7 Å². The van der Waals surface area contributed by atoms with E-state index in [-0.39, 0.29) is 13.2 Å². The van der Waals surface area contributed by atoms with Gasteiger partial charge in [0.1, 0.15) is 18.2 Å². The van der Waals surface area contributed by atoms with Crippen molar-refractivity contribution in [2.24, 2.45) is 0 Å². The van der Waals surface area contributed by atoms with Crippen LogP contribution >= 0.6 is 0 Å². The Morgan fingerprint density at radius 3 is 2.74 bits per heavy atom. The third-order valence-corrected chi connectivity index (χ3v) is 2.87. The summed E-state index contributed by atoms with van der Waals surface area (Å²) in [4.78, 5) is 11.5. The molecule has 1 amide bonds. The Balaban J connectivity index is 1.79. The summed E-state index contributed by atoms with van der Waals surface area (Å²) in [7, 11) is 1.45. The maximum atomic E-state index is 13.3. The van der Waals surface area contributed by atoms with Gasteiger partial charge in [-0.25, -0.2) is 9.18 Å². The molecule has 0 bridgehead atoms. The molecule has 5 heteroatoms. The normalized spacial score (nSPS) is 9.48. The first-order valence-electron chi connectivity index (χ1n) is 6.95. The molecule has 0 saturated carbocycles.